The third-order valence-corrected chi connectivity index (χ3v) is 4.77. The summed E-state index contributed by atoms with van der Waals surface area (Å²) in [6.07, 6.45) is 3.63. The second kappa shape index (κ2) is 10.3. The van der Waals surface area contributed by atoms with E-state index in [1.165, 1.54) is 6.92 Å². The van der Waals surface area contributed by atoms with Crippen LogP contribution in [0.25, 0.3) is 10.9 Å². The Morgan fingerprint density at radius 2 is 2.04 bits per heavy atom. The summed E-state index contributed by atoms with van der Waals surface area (Å²) in [5, 5.41) is 3.83. The summed E-state index contributed by atoms with van der Waals surface area (Å²) in [5.74, 6) is 0.346. The van der Waals surface area contributed by atoms with Crippen LogP contribution in [0.1, 0.15) is 25.3 Å². The standard InChI is InChI=1S/C17H24N2O5S.Na/c1-13(20)18-8-7-14-12-19(9-3-4-10-25(21,22)23)17-6-5-15(24-2)11-16(14)17;/h5-6,11-12H,3-4,7-10H2,1-2H3,(H,18,20)(H,21,22,23);/q;+1/p-1. The van der Waals surface area contributed by atoms with Crippen LogP contribution >= 0.6 is 0 Å². The third-order valence-electron chi connectivity index (χ3n) is 3.98. The quantitative estimate of drug-likeness (QED) is 0.324. The number of hydrogen-bond donors (Lipinski definition) is 1. The Morgan fingerprint density at radius 1 is 1.31 bits per heavy atom. The summed E-state index contributed by atoms with van der Waals surface area (Å²) in [4.78, 5) is 11.0. The predicted molar refractivity (Wildman–Crippen MR) is 94.7 cm³/mol. The molecule has 1 aromatic carbocycles. The van der Waals surface area contributed by atoms with E-state index in [4.69, 9.17) is 4.74 Å². The summed E-state index contributed by atoms with van der Waals surface area (Å²) in [7, 11) is -2.55. The minimum Gasteiger partial charge on any atom is -0.748 e. The molecule has 0 aliphatic heterocycles. The average molecular weight is 390 g/mol. The molecule has 9 heteroatoms. The maximum absolute atomic E-state index is 11.0. The van der Waals surface area contributed by atoms with Crippen molar-refractivity contribution in [3.05, 3.63) is 30.0 Å². The number of nitrogens with zero attached hydrogens (tertiary/aromatic N) is 1. The van der Waals surface area contributed by atoms with Crippen LogP contribution in [0.5, 0.6) is 5.75 Å². The van der Waals surface area contributed by atoms with Gasteiger partial charge in [-0.05, 0) is 43.0 Å². The number of ether oxygens (including phenoxy) is 1. The van der Waals surface area contributed by atoms with Gasteiger partial charge in [-0.3, -0.25) is 4.79 Å². The number of aryl methyl sites for hydroxylation is 1. The van der Waals surface area contributed by atoms with Crippen molar-refractivity contribution in [1.29, 1.82) is 0 Å². The largest absolute Gasteiger partial charge is 1.00 e. The fourth-order valence-electron chi connectivity index (χ4n) is 2.80. The molecule has 0 fully saturated rings. The number of aromatic nitrogens is 1. The first-order valence-corrected chi connectivity index (χ1v) is 9.71. The Hall–Kier alpha value is -1.06. The molecule has 2 rings (SSSR count). The fraction of sp³-hybridized carbons (Fsp3) is 0.471. The van der Waals surface area contributed by atoms with Crippen molar-refractivity contribution in [3.8, 4) is 5.75 Å². The molecule has 1 aromatic heterocycles. The van der Waals surface area contributed by atoms with Crippen molar-refractivity contribution in [2.75, 3.05) is 19.4 Å². The van der Waals surface area contributed by atoms with Gasteiger partial charge in [0.05, 0.1) is 17.2 Å². The molecule has 0 aliphatic rings. The van der Waals surface area contributed by atoms with Gasteiger partial charge in [0.25, 0.3) is 0 Å². The second-order valence-electron chi connectivity index (χ2n) is 5.93. The molecule has 0 spiro atoms. The molecule has 0 bridgehead atoms. The Kier molecular flexibility index (Phi) is 9.12. The molecule has 1 amide bonds. The van der Waals surface area contributed by atoms with Crippen LogP contribution < -0.4 is 39.6 Å². The van der Waals surface area contributed by atoms with E-state index in [2.05, 4.69) is 9.88 Å². The fourth-order valence-corrected chi connectivity index (χ4v) is 3.35. The number of nitrogens with one attached hydrogen (secondary N) is 1. The Morgan fingerprint density at radius 3 is 2.65 bits per heavy atom. The van der Waals surface area contributed by atoms with Crippen LogP contribution in [0.4, 0.5) is 0 Å². The smallest absolute Gasteiger partial charge is 0.748 e. The van der Waals surface area contributed by atoms with Crippen molar-refractivity contribution < 1.29 is 52.1 Å². The van der Waals surface area contributed by atoms with Crippen molar-refractivity contribution in [2.45, 2.75) is 32.7 Å². The number of methoxy groups -OCH3 is 1. The van der Waals surface area contributed by atoms with Crippen molar-refractivity contribution >= 4 is 26.9 Å². The Bertz CT molecular complexity index is 848. The number of unbranched alkanes of at least 4 members (excludes halogenated alkanes) is 1. The molecule has 26 heavy (non-hydrogen) atoms. The number of amides is 1. The first-order chi connectivity index (χ1) is 11.8. The summed E-state index contributed by atoms with van der Waals surface area (Å²) in [6.45, 7) is 2.65. The minimum absolute atomic E-state index is 0. The zero-order valence-electron chi connectivity index (χ0n) is 15.4. The van der Waals surface area contributed by atoms with Crippen molar-refractivity contribution in [3.63, 3.8) is 0 Å². The molecule has 0 aliphatic carbocycles. The van der Waals surface area contributed by atoms with Crippen LogP contribution in [0.2, 0.25) is 0 Å². The summed E-state index contributed by atoms with van der Waals surface area (Å²) < 4.78 is 39.4. The van der Waals surface area contributed by atoms with E-state index in [1.54, 1.807) is 7.11 Å². The molecule has 1 N–H and O–H groups in total. The van der Waals surface area contributed by atoms with Gasteiger partial charge >= 0.3 is 29.6 Å². The van der Waals surface area contributed by atoms with Crippen LogP contribution in [-0.2, 0) is 27.9 Å². The number of benzene rings is 1. The molecule has 0 atom stereocenters. The van der Waals surface area contributed by atoms with E-state index in [1.807, 2.05) is 24.4 Å². The first-order valence-electron chi connectivity index (χ1n) is 8.14. The Balaban J connectivity index is 0.00000338. The third kappa shape index (κ3) is 6.92. The second-order valence-corrected chi connectivity index (χ2v) is 7.46. The molecule has 0 radical (unpaired) electrons. The number of carbonyl (C=O) groups excluding carboxylic acids is 1. The number of fused-ring (bicyclic) bond motifs is 1. The number of rotatable bonds is 9. The van der Waals surface area contributed by atoms with Crippen molar-refractivity contribution in [2.24, 2.45) is 0 Å². The molecule has 0 saturated carbocycles. The molecule has 0 unspecified atom stereocenters. The van der Waals surface area contributed by atoms with Crippen LogP contribution in [-0.4, -0.2) is 42.9 Å². The summed E-state index contributed by atoms with van der Waals surface area (Å²) in [6, 6.07) is 5.79. The zero-order chi connectivity index (χ0) is 18.4. The van der Waals surface area contributed by atoms with Crippen LogP contribution in [0.3, 0.4) is 0 Å². The van der Waals surface area contributed by atoms with Gasteiger partial charge in [0.1, 0.15) is 5.75 Å². The van der Waals surface area contributed by atoms with Gasteiger partial charge in [0.2, 0.25) is 5.91 Å². The molecule has 1 heterocycles. The monoisotopic (exact) mass is 390 g/mol. The molecular weight excluding hydrogens is 367 g/mol. The normalized spacial score (nSPS) is 11.2. The number of hydrogen-bond acceptors (Lipinski definition) is 5. The molecule has 0 saturated heterocycles. The molecule has 2 aromatic rings. The topological polar surface area (TPSA) is 100 Å². The molecular formula is C17H23N2NaO5S. The van der Waals surface area contributed by atoms with Gasteiger partial charge in [-0.2, -0.15) is 0 Å². The SMILES string of the molecule is COc1ccc2c(c1)c(CCNC(C)=O)cn2CCCCS(=O)(=O)[O-].[Na+]. The van der Waals surface area contributed by atoms with Gasteiger partial charge in [-0.1, -0.05) is 0 Å². The molecule has 7 nitrogen and oxygen atoms in total. The van der Waals surface area contributed by atoms with Crippen molar-refractivity contribution in [1.82, 2.24) is 9.88 Å². The Labute approximate surface area is 176 Å². The first kappa shape index (κ1) is 23.0. The van der Waals surface area contributed by atoms with Crippen LogP contribution in [0, 0.1) is 0 Å². The van der Waals surface area contributed by atoms with Crippen LogP contribution in [0.15, 0.2) is 24.4 Å². The van der Waals surface area contributed by atoms with E-state index < -0.39 is 10.1 Å². The van der Waals surface area contributed by atoms with E-state index in [-0.39, 0.29) is 41.2 Å². The summed E-state index contributed by atoms with van der Waals surface area (Å²) in [5.41, 5.74) is 2.10. The number of carbonyl (C=O) groups is 1. The predicted octanol–water partition coefficient (Wildman–Crippen LogP) is -1.34. The average Bonchev–Trinajstić information content (AvgIpc) is 2.87. The van der Waals surface area contributed by atoms with Gasteiger partial charge in [-0.15, -0.1) is 0 Å². The van der Waals surface area contributed by atoms with E-state index >= 15 is 0 Å². The maximum Gasteiger partial charge on any atom is 1.00 e. The van der Waals surface area contributed by atoms with Gasteiger partial charge in [0, 0.05) is 42.9 Å². The van der Waals surface area contributed by atoms with E-state index in [9.17, 15) is 17.8 Å². The minimum atomic E-state index is -4.16. The van der Waals surface area contributed by atoms with E-state index in [0.717, 1.165) is 22.2 Å². The van der Waals surface area contributed by atoms with E-state index in [0.29, 0.717) is 32.4 Å². The van der Waals surface area contributed by atoms with Gasteiger partial charge < -0.3 is 19.2 Å². The maximum atomic E-state index is 11.0. The van der Waals surface area contributed by atoms with Gasteiger partial charge in [0.15, 0.2) is 0 Å². The summed E-state index contributed by atoms with van der Waals surface area (Å²) >= 11 is 0. The molecule has 138 valence electrons. The zero-order valence-corrected chi connectivity index (χ0v) is 18.3. The van der Waals surface area contributed by atoms with Gasteiger partial charge in [-0.25, -0.2) is 8.42 Å².